The van der Waals surface area contributed by atoms with E-state index in [4.69, 9.17) is 23.7 Å². The van der Waals surface area contributed by atoms with Crippen molar-refractivity contribution in [3.05, 3.63) is 0 Å². The van der Waals surface area contributed by atoms with Gasteiger partial charge in [-0.05, 0) is 0 Å². The number of esters is 4. The van der Waals surface area contributed by atoms with Gasteiger partial charge in [0.25, 0.3) is 0 Å². The van der Waals surface area contributed by atoms with Gasteiger partial charge in [0.15, 0.2) is 6.10 Å². The van der Waals surface area contributed by atoms with Gasteiger partial charge in [0.2, 0.25) is 12.4 Å². The summed E-state index contributed by atoms with van der Waals surface area (Å²) in [7, 11) is 0. The lowest BCUT2D eigenvalue weighted by molar-refractivity contribution is -0.298. The molecule has 0 amide bonds. The van der Waals surface area contributed by atoms with Crippen molar-refractivity contribution in [2.45, 2.75) is 58.4 Å². The fourth-order valence-electron chi connectivity index (χ4n) is 2.13. The summed E-state index contributed by atoms with van der Waals surface area (Å²) < 4.78 is 25.0. The van der Waals surface area contributed by atoms with E-state index in [1.54, 1.807) is 0 Å². The number of rotatable bonds is 5. The molecule has 0 bridgehead atoms. The first-order chi connectivity index (χ1) is 11.1. The van der Waals surface area contributed by atoms with E-state index in [-0.39, 0.29) is 6.61 Å². The molecule has 1 saturated heterocycles. The molecule has 1 heterocycles. The Balaban J connectivity index is 3.07. The van der Waals surface area contributed by atoms with Crippen LogP contribution in [0.5, 0.6) is 0 Å². The largest absolute Gasteiger partial charge is 0.463 e. The SMILES string of the molecule is CC(=O)OC[C@H]1O[C@H](OC(C)=O)[C@@H](OC(C)=O)[C@@H](OC(C)=O)[C@@H]1O. The topological polar surface area (TPSA) is 135 Å². The van der Waals surface area contributed by atoms with E-state index in [0.717, 1.165) is 27.7 Å². The Bertz CT molecular complexity index is 502. The van der Waals surface area contributed by atoms with Crippen LogP contribution in [0.25, 0.3) is 0 Å². The van der Waals surface area contributed by atoms with Crippen LogP contribution in [0, 0.1) is 0 Å². The van der Waals surface area contributed by atoms with Crippen molar-refractivity contribution in [3.8, 4) is 0 Å². The molecule has 1 N–H and O–H groups in total. The number of carbonyl (C=O) groups is 4. The van der Waals surface area contributed by atoms with Crippen molar-refractivity contribution in [1.29, 1.82) is 0 Å². The molecule has 1 aliphatic rings. The maximum absolute atomic E-state index is 11.3. The quantitative estimate of drug-likeness (QED) is 0.490. The third-order valence-corrected chi connectivity index (χ3v) is 2.96. The third-order valence-electron chi connectivity index (χ3n) is 2.96. The van der Waals surface area contributed by atoms with E-state index in [1.165, 1.54) is 0 Å². The molecule has 10 nitrogen and oxygen atoms in total. The van der Waals surface area contributed by atoms with Gasteiger partial charge in [0.1, 0.15) is 18.8 Å². The van der Waals surface area contributed by atoms with Gasteiger partial charge in [-0.3, -0.25) is 19.2 Å². The third kappa shape index (κ3) is 5.78. The van der Waals surface area contributed by atoms with Crippen LogP contribution in [0.15, 0.2) is 0 Å². The predicted molar refractivity (Wildman–Crippen MR) is 74.2 cm³/mol. The van der Waals surface area contributed by atoms with Crippen molar-refractivity contribution >= 4 is 23.9 Å². The van der Waals surface area contributed by atoms with Crippen LogP contribution in [0.1, 0.15) is 27.7 Å². The summed E-state index contributed by atoms with van der Waals surface area (Å²) in [6, 6.07) is 0. The Morgan fingerprint density at radius 2 is 1.33 bits per heavy atom. The maximum Gasteiger partial charge on any atom is 0.305 e. The molecule has 1 fully saturated rings. The van der Waals surface area contributed by atoms with Crippen molar-refractivity contribution in [3.63, 3.8) is 0 Å². The van der Waals surface area contributed by atoms with Gasteiger partial charge in [-0.15, -0.1) is 0 Å². The Kier molecular flexibility index (Phi) is 7.11. The van der Waals surface area contributed by atoms with Crippen LogP contribution in [-0.4, -0.2) is 66.3 Å². The van der Waals surface area contributed by atoms with Gasteiger partial charge in [-0.2, -0.15) is 0 Å². The molecule has 0 spiro atoms. The van der Waals surface area contributed by atoms with E-state index < -0.39 is 54.6 Å². The lowest BCUT2D eigenvalue weighted by Gasteiger charge is -2.42. The molecular weight excluding hydrogens is 328 g/mol. The molecule has 0 aromatic carbocycles. The summed E-state index contributed by atoms with van der Waals surface area (Å²) >= 11 is 0. The lowest BCUT2D eigenvalue weighted by Crippen LogP contribution is -2.62. The lowest BCUT2D eigenvalue weighted by atomic mass is 9.98. The van der Waals surface area contributed by atoms with E-state index >= 15 is 0 Å². The molecule has 0 aromatic heterocycles. The maximum atomic E-state index is 11.3. The second-order valence-electron chi connectivity index (χ2n) is 5.09. The number of carbonyl (C=O) groups excluding carboxylic acids is 4. The molecule has 10 heteroatoms. The number of hydrogen-bond acceptors (Lipinski definition) is 10. The van der Waals surface area contributed by atoms with Gasteiger partial charge in [0.05, 0.1) is 0 Å². The fourth-order valence-corrected chi connectivity index (χ4v) is 2.13. The number of aliphatic hydroxyl groups is 1. The normalized spacial score (nSPS) is 29.3. The minimum absolute atomic E-state index is 0.376. The monoisotopic (exact) mass is 348 g/mol. The molecule has 1 rings (SSSR count). The highest BCUT2D eigenvalue weighted by Crippen LogP contribution is 2.27. The van der Waals surface area contributed by atoms with E-state index in [9.17, 15) is 24.3 Å². The molecule has 0 aliphatic carbocycles. The summed E-state index contributed by atoms with van der Waals surface area (Å²) in [5, 5.41) is 10.3. The minimum Gasteiger partial charge on any atom is -0.463 e. The molecule has 0 unspecified atom stereocenters. The zero-order valence-electron chi connectivity index (χ0n) is 13.7. The van der Waals surface area contributed by atoms with Crippen LogP contribution in [0.2, 0.25) is 0 Å². The van der Waals surface area contributed by atoms with Crippen LogP contribution in [-0.2, 0) is 42.9 Å². The summed E-state index contributed by atoms with van der Waals surface area (Å²) in [4.78, 5) is 44.7. The summed E-state index contributed by atoms with van der Waals surface area (Å²) in [5.41, 5.74) is 0. The highest BCUT2D eigenvalue weighted by Gasteiger charge is 2.51. The Morgan fingerprint density at radius 3 is 1.79 bits per heavy atom. The average molecular weight is 348 g/mol. The van der Waals surface area contributed by atoms with Crippen molar-refractivity contribution in [1.82, 2.24) is 0 Å². The molecule has 24 heavy (non-hydrogen) atoms. The molecule has 1 aliphatic heterocycles. The average Bonchev–Trinajstić information content (AvgIpc) is 2.42. The van der Waals surface area contributed by atoms with Gasteiger partial charge in [-0.1, -0.05) is 0 Å². The van der Waals surface area contributed by atoms with Crippen molar-refractivity contribution < 1.29 is 48.0 Å². The predicted octanol–water partition coefficient (Wildman–Crippen LogP) is -0.938. The standard InChI is InChI=1S/C14H20O10/c1-6(15)20-5-10-11(19)12(21-7(2)16)13(22-8(3)17)14(24-10)23-9(4)18/h10-14,19H,5H2,1-4H3/t10-,11-,12+,13+,14+/m1/s1. The smallest absolute Gasteiger partial charge is 0.305 e. The van der Waals surface area contributed by atoms with Crippen LogP contribution in [0.3, 0.4) is 0 Å². The zero-order valence-corrected chi connectivity index (χ0v) is 13.7. The highest BCUT2D eigenvalue weighted by molar-refractivity contribution is 5.68. The molecule has 0 radical (unpaired) electrons. The van der Waals surface area contributed by atoms with Crippen molar-refractivity contribution in [2.75, 3.05) is 6.61 Å². The Hall–Kier alpha value is -2.20. The molecular formula is C14H20O10. The Morgan fingerprint density at radius 1 is 0.833 bits per heavy atom. The molecule has 0 aromatic rings. The van der Waals surface area contributed by atoms with Gasteiger partial charge in [0, 0.05) is 27.7 Å². The number of ether oxygens (including phenoxy) is 5. The minimum atomic E-state index is -1.48. The Labute approximate surface area is 137 Å². The first-order valence-corrected chi connectivity index (χ1v) is 7.10. The van der Waals surface area contributed by atoms with E-state index in [0.29, 0.717) is 0 Å². The first kappa shape index (κ1) is 19.8. The summed E-state index contributed by atoms with van der Waals surface area (Å²) in [5.74, 6) is -2.89. The first-order valence-electron chi connectivity index (χ1n) is 7.10. The molecule has 136 valence electrons. The van der Waals surface area contributed by atoms with Crippen LogP contribution >= 0.6 is 0 Å². The fraction of sp³-hybridized carbons (Fsp3) is 0.714. The van der Waals surface area contributed by atoms with E-state index in [1.807, 2.05) is 0 Å². The summed E-state index contributed by atoms with van der Waals surface area (Å²) in [6.45, 7) is 4.06. The second-order valence-corrected chi connectivity index (χ2v) is 5.09. The van der Waals surface area contributed by atoms with Crippen LogP contribution < -0.4 is 0 Å². The number of aliphatic hydroxyl groups excluding tert-OH is 1. The summed E-state index contributed by atoms with van der Waals surface area (Å²) in [6.07, 6.45) is -6.83. The zero-order chi connectivity index (χ0) is 18.4. The highest BCUT2D eigenvalue weighted by atomic mass is 16.7. The van der Waals surface area contributed by atoms with Gasteiger partial charge >= 0.3 is 23.9 Å². The number of hydrogen-bond donors (Lipinski definition) is 1. The molecule has 5 atom stereocenters. The molecule has 0 saturated carbocycles. The van der Waals surface area contributed by atoms with E-state index in [2.05, 4.69) is 0 Å². The second kappa shape index (κ2) is 8.60. The van der Waals surface area contributed by atoms with Crippen molar-refractivity contribution in [2.24, 2.45) is 0 Å². The van der Waals surface area contributed by atoms with Gasteiger partial charge < -0.3 is 28.8 Å². The van der Waals surface area contributed by atoms with Crippen LogP contribution in [0.4, 0.5) is 0 Å². The van der Waals surface area contributed by atoms with Gasteiger partial charge in [-0.25, -0.2) is 0 Å².